The summed E-state index contributed by atoms with van der Waals surface area (Å²) in [5.41, 5.74) is 0.294. The van der Waals surface area contributed by atoms with E-state index in [1.54, 1.807) is 0 Å². The molecule has 0 N–H and O–H groups in total. The maximum Gasteiger partial charge on any atom is 0.0517 e. The molecule has 1 aromatic rings. The molecule has 1 aromatic heterocycles. The Hall–Kier alpha value is 0.180. The second kappa shape index (κ2) is 5.44. The summed E-state index contributed by atoms with van der Waals surface area (Å²) in [4.78, 5) is 3.62. The minimum Gasteiger partial charge on any atom is -0.144 e. The van der Waals surface area contributed by atoms with E-state index >= 15 is 0 Å². The van der Waals surface area contributed by atoms with E-state index in [1.807, 2.05) is 11.3 Å². The zero-order valence-corrected chi connectivity index (χ0v) is 13.5. The van der Waals surface area contributed by atoms with Crippen molar-refractivity contribution in [2.45, 2.75) is 63.1 Å². The van der Waals surface area contributed by atoms with Crippen molar-refractivity contribution in [2.24, 2.45) is 5.92 Å². The summed E-state index contributed by atoms with van der Waals surface area (Å²) in [6, 6.07) is 4.65. The molecule has 0 nitrogen and oxygen atoms in total. The van der Waals surface area contributed by atoms with E-state index in [4.69, 9.17) is 0 Å². The molecule has 17 heavy (non-hydrogen) atoms. The van der Waals surface area contributed by atoms with Gasteiger partial charge in [-0.3, -0.25) is 0 Å². The Bertz CT molecular complexity index is 355. The Kier molecular flexibility index (Phi) is 4.35. The summed E-state index contributed by atoms with van der Waals surface area (Å²) >= 11 is 5.93. The van der Waals surface area contributed by atoms with E-state index in [9.17, 15) is 0 Å². The molecule has 1 unspecified atom stereocenters. The second-order valence-electron chi connectivity index (χ2n) is 6.25. The first-order valence-electron chi connectivity index (χ1n) is 6.73. The van der Waals surface area contributed by atoms with Crippen LogP contribution < -0.4 is 0 Å². The van der Waals surface area contributed by atoms with Gasteiger partial charge >= 0.3 is 0 Å². The van der Waals surface area contributed by atoms with Crippen molar-refractivity contribution >= 4 is 27.3 Å². The van der Waals surface area contributed by atoms with Gasteiger partial charge in [0.2, 0.25) is 0 Å². The molecule has 0 aromatic carbocycles. The van der Waals surface area contributed by atoms with Crippen LogP contribution in [0, 0.1) is 5.92 Å². The summed E-state index contributed by atoms with van der Waals surface area (Å²) in [7, 11) is 0. The van der Waals surface area contributed by atoms with Gasteiger partial charge in [0.1, 0.15) is 0 Å². The number of rotatable bonds is 2. The lowest BCUT2D eigenvalue weighted by molar-refractivity contribution is 0.356. The maximum atomic E-state index is 3.94. The van der Waals surface area contributed by atoms with Gasteiger partial charge in [-0.2, -0.15) is 0 Å². The van der Waals surface area contributed by atoms with Gasteiger partial charge in [-0.25, -0.2) is 0 Å². The zero-order chi connectivity index (χ0) is 12.5. The van der Waals surface area contributed by atoms with Crippen molar-refractivity contribution < 1.29 is 0 Å². The van der Waals surface area contributed by atoms with Gasteiger partial charge in [0.25, 0.3) is 0 Å². The number of halogens is 1. The first kappa shape index (κ1) is 13.6. The summed E-state index contributed by atoms with van der Waals surface area (Å²) in [5.74, 6) is 0.857. The number of thiophene rings is 1. The lowest BCUT2D eigenvalue weighted by Crippen LogP contribution is -2.11. The van der Waals surface area contributed by atoms with Gasteiger partial charge in [0.15, 0.2) is 0 Å². The normalized spacial score (nSPS) is 20.5. The van der Waals surface area contributed by atoms with Crippen LogP contribution >= 0.6 is 27.3 Å². The number of hydrogen-bond acceptors (Lipinski definition) is 1. The van der Waals surface area contributed by atoms with Gasteiger partial charge in [-0.1, -0.05) is 56.0 Å². The topological polar surface area (TPSA) is 0 Å². The van der Waals surface area contributed by atoms with Crippen molar-refractivity contribution in [3.63, 3.8) is 0 Å². The fourth-order valence-corrected chi connectivity index (χ4v) is 4.66. The largest absolute Gasteiger partial charge is 0.144 e. The van der Waals surface area contributed by atoms with Crippen LogP contribution in [0.3, 0.4) is 0 Å². The molecule has 1 aliphatic carbocycles. The highest BCUT2D eigenvalue weighted by Crippen LogP contribution is 2.43. The van der Waals surface area contributed by atoms with Crippen LogP contribution in [0.2, 0.25) is 0 Å². The molecule has 1 atom stereocenters. The monoisotopic (exact) mass is 314 g/mol. The van der Waals surface area contributed by atoms with E-state index in [0.29, 0.717) is 10.2 Å². The minimum atomic E-state index is 0.294. The SMILES string of the molecule is CC(C)(C)c1ccc(C(Br)C2CCCCC2)s1. The Morgan fingerprint density at radius 1 is 1.18 bits per heavy atom. The molecule has 1 heterocycles. The average molecular weight is 315 g/mol. The van der Waals surface area contributed by atoms with Crippen molar-refractivity contribution in [2.75, 3.05) is 0 Å². The molecule has 0 bridgehead atoms. The predicted molar refractivity (Wildman–Crippen MR) is 81.3 cm³/mol. The third-order valence-corrected chi connectivity index (χ3v) is 6.84. The van der Waals surface area contributed by atoms with E-state index in [-0.39, 0.29) is 0 Å². The molecule has 1 saturated carbocycles. The fraction of sp³-hybridized carbons (Fsp3) is 0.733. The predicted octanol–water partition coefficient (Wildman–Crippen LogP) is 6.06. The Morgan fingerprint density at radius 2 is 1.82 bits per heavy atom. The molecule has 0 saturated heterocycles. The smallest absolute Gasteiger partial charge is 0.0517 e. The molecule has 0 amide bonds. The van der Waals surface area contributed by atoms with E-state index < -0.39 is 0 Å². The van der Waals surface area contributed by atoms with Crippen LogP contribution in [0.1, 0.15) is 67.5 Å². The third-order valence-electron chi connectivity index (χ3n) is 3.70. The average Bonchev–Trinajstić information content (AvgIpc) is 2.78. The van der Waals surface area contributed by atoms with Crippen molar-refractivity contribution in [1.29, 1.82) is 0 Å². The van der Waals surface area contributed by atoms with Crippen LogP contribution in [0.4, 0.5) is 0 Å². The first-order valence-corrected chi connectivity index (χ1v) is 8.46. The van der Waals surface area contributed by atoms with Crippen LogP contribution in [0.5, 0.6) is 0 Å². The summed E-state index contributed by atoms with van der Waals surface area (Å²) in [6.45, 7) is 6.89. The molecular weight excluding hydrogens is 292 g/mol. The van der Waals surface area contributed by atoms with Crippen LogP contribution in [0.25, 0.3) is 0 Å². The first-order chi connectivity index (χ1) is 7.98. The molecule has 1 fully saturated rings. The molecular formula is C15H23BrS. The highest BCUT2D eigenvalue weighted by atomic mass is 79.9. The Labute approximate surface area is 118 Å². The molecule has 2 rings (SSSR count). The number of alkyl halides is 1. The Balaban J connectivity index is 2.08. The van der Waals surface area contributed by atoms with Gasteiger partial charge in [0.05, 0.1) is 4.83 Å². The Morgan fingerprint density at radius 3 is 2.35 bits per heavy atom. The summed E-state index contributed by atoms with van der Waals surface area (Å²) in [6.07, 6.45) is 7.08. The van der Waals surface area contributed by atoms with Gasteiger partial charge in [-0.15, -0.1) is 11.3 Å². The quantitative estimate of drug-likeness (QED) is 0.582. The second-order valence-corrected chi connectivity index (χ2v) is 8.35. The molecule has 1 aliphatic rings. The molecule has 0 radical (unpaired) electrons. The van der Waals surface area contributed by atoms with Crippen LogP contribution in [-0.2, 0) is 5.41 Å². The van der Waals surface area contributed by atoms with Gasteiger partial charge < -0.3 is 0 Å². The zero-order valence-electron chi connectivity index (χ0n) is 11.1. The van der Waals surface area contributed by atoms with E-state index in [1.165, 1.54) is 41.9 Å². The fourth-order valence-electron chi connectivity index (χ4n) is 2.56. The lowest BCUT2D eigenvalue weighted by Gasteiger charge is -2.25. The van der Waals surface area contributed by atoms with E-state index in [2.05, 4.69) is 48.8 Å². The number of hydrogen-bond donors (Lipinski definition) is 0. The molecule has 2 heteroatoms. The van der Waals surface area contributed by atoms with Crippen molar-refractivity contribution in [1.82, 2.24) is 0 Å². The van der Waals surface area contributed by atoms with E-state index in [0.717, 1.165) is 5.92 Å². The highest BCUT2D eigenvalue weighted by molar-refractivity contribution is 9.09. The van der Waals surface area contributed by atoms with Crippen molar-refractivity contribution in [3.8, 4) is 0 Å². The van der Waals surface area contributed by atoms with Crippen LogP contribution in [-0.4, -0.2) is 0 Å². The van der Waals surface area contributed by atoms with Crippen LogP contribution in [0.15, 0.2) is 12.1 Å². The minimum absolute atomic E-state index is 0.294. The molecule has 0 spiro atoms. The summed E-state index contributed by atoms with van der Waals surface area (Å²) in [5, 5.41) is 0. The standard InChI is InChI=1S/C15H23BrS/c1-15(2,3)13-10-9-12(17-13)14(16)11-7-5-4-6-8-11/h9-11,14H,4-8H2,1-3H3. The molecule has 96 valence electrons. The summed E-state index contributed by atoms with van der Waals surface area (Å²) < 4.78 is 0. The molecule has 0 aliphatic heterocycles. The van der Waals surface area contributed by atoms with Gasteiger partial charge in [-0.05, 0) is 36.3 Å². The third kappa shape index (κ3) is 3.35. The maximum absolute atomic E-state index is 3.94. The lowest BCUT2D eigenvalue weighted by atomic mass is 9.86. The van der Waals surface area contributed by atoms with Crippen molar-refractivity contribution in [3.05, 3.63) is 21.9 Å². The highest BCUT2D eigenvalue weighted by Gasteiger charge is 2.25. The van der Waals surface area contributed by atoms with Gasteiger partial charge in [0, 0.05) is 9.75 Å².